The molecule has 1 aromatic carbocycles. The molecule has 0 unspecified atom stereocenters. The third kappa shape index (κ3) is 3.24. The summed E-state index contributed by atoms with van der Waals surface area (Å²) in [6.07, 6.45) is 0. The summed E-state index contributed by atoms with van der Waals surface area (Å²) in [4.78, 5) is 0. The van der Waals surface area contributed by atoms with Crippen LogP contribution in [0.5, 0.6) is 5.75 Å². The molecule has 1 rings (SSSR count). The average molecular weight is 291 g/mol. The van der Waals surface area contributed by atoms with Crippen molar-refractivity contribution in [1.29, 1.82) is 0 Å². The number of rotatable bonds is 4. The molecule has 4 N–H and O–H groups in total. The van der Waals surface area contributed by atoms with Gasteiger partial charge in [-0.3, -0.25) is 0 Å². The molecule has 0 saturated carbocycles. The van der Waals surface area contributed by atoms with Gasteiger partial charge in [-0.1, -0.05) is 3.89 Å². The third-order valence-electron chi connectivity index (χ3n) is 3.04. The minimum Gasteiger partial charge on any atom is -0.423 e. The second-order valence-electron chi connectivity index (χ2n) is 4.15. The molecule has 9 heteroatoms. The van der Waals surface area contributed by atoms with E-state index in [2.05, 4.69) is 4.18 Å². The zero-order valence-electron chi connectivity index (χ0n) is 10.8. The first kappa shape index (κ1) is 15.9. The number of hydrogen-bond acceptors (Lipinski definition) is 6. The number of benzene rings is 1. The summed E-state index contributed by atoms with van der Waals surface area (Å²) in [5.74, 6) is -0.267. The van der Waals surface area contributed by atoms with E-state index in [1.165, 1.54) is 13.8 Å². The molecule has 6 nitrogen and oxygen atoms in total. The Hall–Kier alpha value is -1.16. The monoisotopic (exact) mass is 291 g/mol. The van der Waals surface area contributed by atoms with Crippen LogP contribution in [0.15, 0.2) is 0 Å². The highest BCUT2D eigenvalue weighted by Gasteiger charge is 2.26. The molecule has 106 valence electrons. The fourth-order valence-corrected chi connectivity index (χ4v) is 2.63. The van der Waals surface area contributed by atoms with E-state index in [1.54, 1.807) is 6.92 Å². The Morgan fingerprint density at radius 2 is 1.74 bits per heavy atom. The van der Waals surface area contributed by atoms with Crippen molar-refractivity contribution in [2.75, 3.05) is 0 Å². The molecule has 0 aliphatic heterocycles. The second kappa shape index (κ2) is 5.45. The van der Waals surface area contributed by atoms with Gasteiger partial charge in [-0.25, -0.2) is 0 Å². The molecule has 0 spiro atoms. The van der Waals surface area contributed by atoms with E-state index in [-0.39, 0.29) is 23.3 Å². The van der Waals surface area contributed by atoms with E-state index < -0.39 is 17.6 Å². The predicted molar refractivity (Wildman–Crippen MR) is 69.0 cm³/mol. The van der Waals surface area contributed by atoms with Crippen LogP contribution in [0, 0.1) is 20.8 Å². The second-order valence-corrected chi connectivity index (χ2v) is 5.10. The number of nitrogens with two attached hydrogens (primary N) is 1. The van der Waals surface area contributed by atoms with Crippen molar-refractivity contribution < 1.29 is 26.5 Å². The van der Waals surface area contributed by atoms with Crippen LogP contribution in [-0.2, 0) is 17.0 Å². The van der Waals surface area contributed by atoms with Gasteiger partial charge in [0.15, 0.2) is 5.75 Å². The van der Waals surface area contributed by atoms with Crippen LogP contribution in [0.4, 0.5) is 3.89 Å². The van der Waals surface area contributed by atoms with Crippen molar-refractivity contribution in [1.82, 2.24) is 0 Å². The first-order valence-electron chi connectivity index (χ1n) is 5.43. The summed E-state index contributed by atoms with van der Waals surface area (Å²) in [7, 11) is -7.04. The van der Waals surface area contributed by atoms with Crippen molar-refractivity contribution in [3.63, 3.8) is 0 Å². The fourth-order valence-electron chi connectivity index (χ4n) is 2.18. The Morgan fingerprint density at radius 3 is 2.11 bits per heavy atom. The van der Waals surface area contributed by atoms with E-state index >= 15 is 0 Å². The zero-order valence-corrected chi connectivity index (χ0v) is 11.6. The van der Waals surface area contributed by atoms with Crippen LogP contribution in [-0.4, -0.2) is 25.6 Å². The SMILES string of the molecule is Cc1c(CN)c(C)c(B(O)O)c(C)c1OS(=O)(=O)F. The lowest BCUT2D eigenvalue weighted by atomic mass is 9.72. The average Bonchev–Trinajstić information content (AvgIpc) is 2.23. The minimum absolute atomic E-state index is 0.0281. The lowest BCUT2D eigenvalue weighted by Crippen LogP contribution is -2.36. The Balaban J connectivity index is 3.68. The molecule has 0 heterocycles. The summed E-state index contributed by atoms with van der Waals surface area (Å²) >= 11 is 0. The lowest BCUT2D eigenvalue weighted by Gasteiger charge is -2.19. The summed E-state index contributed by atoms with van der Waals surface area (Å²) in [5, 5.41) is 18.7. The quantitative estimate of drug-likeness (QED) is 0.502. The first-order valence-corrected chi connectivity index (χ1v) is 6.73. The maximum atomic E-state index is 12.7. The van der Waals surface area contributed by atoms with E-state index in [0.717, 1.165) is 0 Å². The van der Waals surface area contributed by atoms with Gasteiger partial charge in [0.25, 0.3) is 0 Å². The fraction of sp³-hybridized carbons (Fsp3) is 0.400. The van der Waals surface area contributed by atoms with Crippen LogP contribution in [0.3, 0.4) is 0 Å². The predicted octanol–water partition coefficient (Wildman–Crippen LogP) is -0.657. The van der Waals surface area contributed by atoms with Crippen molar-refractivity contribution >= 4 is 23.1 Å². The molecular weight excluding hydrogens is 276 g/mol. The van der Waals surface area contributed by atoms with Gasteiger partial charge in [0.1, 0.15) is 0 Å². The summed E-state index contributed by atoms with van der Waals surface area (Å²) < 4.78 is 38.2. The van der Waals surface area contributed by atoms with Crippen molar-refractivity contribution in [3.8, 4) is 5.75 Å². The molecule has 1 aromatic rings. The maximum absolute atomic E-state index is 12.7. The Kier molecular flexibility index (Phi) is 4.56. The zero-order chi connectivity index (χ0) is 15.0. The van der Waals surface area contributed by atoms with Gasteiger partial charge in [0.05, 0.1) is 0 Å². The highest BCUT2D eigenvalue weighted by molar-refractivity contribution is 7.81. The Bertz CT molecular complexity index is 603. The molecule has 0 bridgehead atoms. The largest absolute Gasteiger partial charge is 0.489 e. The van der Waals surface area contributed by atoms with Crippen molar-refractivity contribution in [3.05, 3.63) is 22.3 Å². The Labute approximate surface area is 111 Å². The smallest absolute Gasteiger partial charge is 0.423 e. The van der Waals surface area contributed by atoms with Gasteiger partial charge < -0.3 is 20.0 Å². The summed E-state index contributed by atoms with van der Waals surface area (Å²) in [5.41, 5.74) is 7.08. The van der Waals surface area contributed by atoms with Gasteiger partial charge >= 0.3 is 17.6 Å². The van der Waals surface area contributed by atoms with E-state index in [0.29, 0.717) is 16.7 Å². The van der Waals surface area contributed by atoms with Gasteiger partial charge in [-0.2, -0.15) is 8.42 Å². The summed E-state index contributed by atoms with van der Waals surface area (Å²) in [6, 6.07) is 0. The number of halogens is 1. The third-order valence-corrected chi connectivity index (χ3v) is 3.41. The van der Waals surface area contributed by atoms with Gasteiger partial charge in [0.2, 0.25) is 0 Å². The molecule has 0 radical (unpaired) electrons. The van der Waals surface area contributed by atoms with E-state index in [4.69, 9.17) is 5.73 Å². The molecule has 0 aliphatic rings. The molecular formula is C10H15BFNO5S. The molecule has 0 amide bonds. The minimum atomic E-state index is -5.21. The molecule has 0 aliphatic carbocycles. The number of hydrogen-bond donors (Lipinski definition) is 3. The van der Waals surface area contributed by atoms with Crippen molar-refractivity contribution in [2.45, 2.75) is 27.3 Å². The Morgan fingerprint density at radius 1 is 1.21 bits per heavy atom. The lowest BCUT2D eigenvalue weighted by molar-refractivity contribution is 0.422. The van der Waals surface area contributed by atoms with Gasteiger partial charge in [0, 0.05) is 6.54 Å². The maximum Gasteiger partial charge on any atom is 0.489 e. The highest BCUT2D eigenvalue weighted by atomic mass is 32.3. The van der Waals surface area contributed by atoms with Crippen LogP contribution in [0.1, 0.15) is 22.3 Å². The highest BCUT2D eigenvalue weighted by Crippen LogP contribution is 2.29. The van der Waals surface area contributed by atoms with Crippen LogP contribution < -0.4 is 15.4 Å². The standard InChI is InChI=1S/C10H15BFNO5S/c1-5-8(4-13)6(2)10(18-19(12,16)17)7(3)9(5)11(14)15/h14-15H,4,13H2,1-3H3. The molecule has 0 fully saturated rings. The van der Waals surface area contributed by atoms with Crippen LogP contribution >= 0.6 is 0 Å². The molecule has 19 heavy (non-hydrogen) atoms. The van der Waals surface area contributed by atoms with Crippen molar-refractivity contribution in [2.24, 2.45) is 5.73 Å². The van der Waals surface area contributed by atoms with Gasteiger partial charge in [-0.15, -0.1) is 0 Å². The molecule has 0 atom stereocenters. The van der Waals surface area contributed by atoms with Crippen LogP contribution in [0.25, 0.3) is 0 Å². The van der Waals surface area contributed by atoms with Gasteiger partial charge in [-0.05, 0) is 48.5 Å². The molecule has 0 aromatic heterocycles. The normalized spacial score (nSPS) is 11.5. The van der Waals surface area contributed by atoms with E-state index in [1.807, 2.05) is 0 Å². The summed E-state index contributed by atoms with van der Waals surface area (Å²) in [6.45, 7) is 4.58. The topological polar surface area (TPSA) is 110 Å². The van der Waals surface area contributed by atoms with E-state index in [9.17, 15) is 22.4 Å². The van der Waals surface area contributed by atoms with Crippen LogP contribution in [0.2, 0.25) is 0 Å². The molecule has 0 saturated heterocycles. The first-order chi connectivity index (χ1) is 8.60.